The molecule has 5 nitrogen and oxygen atoms in total. The largest absolute Gasteiger partial charge is 0.444 e. The quantitative estimate of drug-likeness (QED) is 0.659. The molecule has 0 aromatic carbocycles. The van der Waals surface area contributed by atoms with Crippen molar-refractivity contribution in [3.05, 3.63) is 6.42 Å². The maximum Gasteiger partial charge on any atom is 0.409 e. The number of amides is 1. The van der Waals surface area contributed by atoms with Gasteiger partial charge in [-0.2, -0.15) is 0 Å². The van der Waals surface area contributed by atoms with Crippen LogP contribution < -0.4 is 5.32 Å². The van der Waals surface area contributed by atoms with Crippen LogP contribution in [0.5, 0.6) is 0 Å². The number of nitrogens with one attached hydrogen (secondary N) is 1. The zero-order valence-corrected chi connectivity index (χ0v) is 13.5. The molecule has 0 bridgehead atoms. The molecule has 1 amide bonds. The molecule has 123 valence electrons. The van der Waals surface area contributed by atoms with Crippen molar-refractivity contribution in [3.63, 3.8) is 0 Å². The summed E-state index contributed by atoms with van der Waals surface area (Å²) >= 11 is 0. The molecule has 1 saturated carbocycles. The molecule has 5 heteroatoms. The molecule has 0 aromatic rings. The Morgan fingerprint density at radius 3 is 2.43 bits per heavy atom. The smallest absolute Gasteiger partial charge is 0.409 e. The van der Waals surface area contributed by atoms with Gasteiger partial charge in [-0.1, -0.05) is 32.1 Å². The first kappa shape index (κ1) is 18.2. The third kappa shape index (κ3) is 7.67. The summed E-state index contributed by atoms with van der Waals surface area (Å²) in [6.45, 7) is 5.29. The van der Waals surface area contributed by atoms with Crippen molar-refractivity contribution in [1.29, 1.82) is 0 Å². The van der Waals surface area contributed by atoms with Gasteiger partial charge in [0.2, 0.25) is 0 Å². The van der Waals surface area contributed by atoms with Crippen molar-refractivity contribution in [1.82, 2.24) is 5.32 Å². The Kier molecular flexibility index (Phi) is 6.94. The predicted octanol–water partition coefficient (Wildman–Crippen LogP) is 2.76. The Morgan fingerprint density at radius 2 is 1.90 bits per heavy atom. The van der Waals surface area contributed by atoms with Crippen LogP contribution in [0.1, 0.15) is 65.7 Å². The first-order valence-electron chi connectivity index (χ1n) is 7.93. The van der Waals surface area contributed by atoms with E-state index in [2.05, 4.69) is 5.32 Å². The van der Waals surface area contributed by atoms with Crippen molar-refractivity contribution in [3.8, 4) is 0 Å². The number of hydrogen-bond acceptors (Lipinski definition) is 4. The van der Waals surface area contributed by atoms with E-state index < -0.39 is 17.4 Å². The standard InChI is InChI=1S/C16H30NO4/c1-15(2,3)21-14(19)17-16(20,10-7-11-18)12-13-8-5-4-6-9-13/h10,13,18,20H,4-9,11-12H2,1-3H3,(H,17,19). The average molecular weight is 300 g/mol. The van der Waals surface area contributed by atoms with Gasteiger partial charge in [0, 0.05) is 13.0 Å². The molecule has 0 spiro atoms. The van der Waals surface area contributed by atoms with Gasteiger partial charge in [-0.25, -0.2) is 4.79 Å². The highest BCUT2D eigenvalue weighted by Gasteiger charge is 2.34. The lowest BCUT2D eigenvalue weighted by Crippen LogP contribution is -2.51. The van der Waals surface area contributed by atoms with Crippen LogP contribution in [0, 0.1) is 12.3 Å². The second-order valence-corrected chi connectivity index (χ2v) is 6.98. The fraction of sp³-hybridized carbons (Fsp3) is 0.875. The van der Waals surface area contributed by atoms with E-state index in [1.807, 2.05) is 0 Å². The summed E-state index contributed by atoms with van der Waals surface area (Å²) in [5, 5.41) is 22.2. The maximum absolute atomic E-state index is 11.9. The van der Waals surface area contributed by atoms with Gasteiger partial charge in [-0.05, 0) is 39.5 Å². The highest BCUT2D eigenvalue weighted by molar-refractivity contribution is 5.68. The maximum atomic E-state index is 11.9. The van der Waals surface area contributed by atoms with Crippen LogP contribution in [0.3, 0.4) is 0 Å². The Balaban J connectivity index is 2.60. The number of carbonyl (C=O) groups excluding carboxylic acids is 1. The molecule has 3 N–H and O–H groups in total. The Morgan fingerprint density at radius 1 is 1.29 bits per heavy atom. The van der Waals surface area contributed by atoms with Crippen molar-refractivity contribution in [2.45, 2.75) is 77.0 Å². The van der Waals surface area contributed by atoms with Gasteiger partial charge in [0.1, 0.15) is 11.3 Å². The lowest BCUT2D eigenvalue weighted by Gasteiger charge is -2.34. The second-order valence-electron chi connectivity index (χ2n) is 6.98. The second kappa shape index (κ2) is 7.99. The van der Waals surface area contributed by atoms with E-state index in [9.17, 15) is 9.90 Å². The summed E-state index contributed by atoms with van der Waals surface area (Å²) in [5.74, 6) is 0.397. The molecule has 1 aliphatic carbocycles. The van der Waals surface area contributed by atoms with E-state index in [-0.39, 0.29) is 6.61 Å². The molecule has 1 fully saturated rings. The van der Waals surface area contributed by atoms with Crippen LogP contribution >= 0.6 is 0 Å². The van der Waals surface area contributed by atoms with Crippen molar-refractivity contribution in [2.24, 2.45) is 5.92 Å². The Hall–Kier alpha value is -0.810. The summed E-state index contributed by atoms with van der Waals surface area (Å²) in [7, 11) is 0. The van der Waals surface area contributed by atoms with E-state index in [4.69, 9.17) is 9.84 Å². The van der Waals surface area contributed by atoms with Crippen LogP contribution in [0.2, 0.25) is 0 Å². The molecule has 1 radical (unpaired) electrons. The molecule has 0 heterocycles. The van der Waals surface area contributed by atoms with Crippen LogP contribution in [-0.2, 0) is 4.74 Å². The normalized spacial score (nSPS) is 19.9. The van der Waals surface area contributed by atoms with E-state index in [1.165, 1.54) is 19.3 Å². The topological polar surface area (TPSA) is 78.8 Å². The summed E-state index contributed by atoms with van der Waals surface area (Å²) in [4.78, 5) is 11.9. The fourth-order valence-corrected chi connectivity index (χ4v) is 2.80. The molecule has 21 heavy (non-hydrogen) atoms. The van der Waals surface area contributed by atoms with Gasteiger partial charge in [0.25, 0.3) is 0 Å². The van der Waals surface area contributed by atoms with Crippen LogP contribution in [0.4, 0.5) is 4.79 Å². The molecule has 0 saturated heterocycles. The lowest BCUT2D eigenvalue weighted by atomic mass is 9.82. The van der Waals surface area contributed by atoms with Gasteiger partial charge >= 0.3 is 6.09 Å². The summed E-state index contributed by atoms with van der Waals surface area (Å²) < 4.78 is 5.21. The third-order valence-electron chi connectivity index (χ3n) is 3.65. The minimum absolute atomic E-state index is 0.0526. The SMILES string of the molecule is CC(C)(C)OC(=O)NC(O)([CH]CCO)CC1CCCCC1. The summed E-state index contributed by atoms with van der Waals surface area (Å²) in [6.07, 6.45) is 7.50. The van der Waals surface area contributed by atoms with E-state index >= 15 is 0 Å². The molecular formula is C16H30NO4. The Labute approximate surface area is 128 Å². The number of aliphatic hydroxyl groups excluding tert-OH is 1. The Bertz CT molecular complexity index is 321. The van der Waals surface area contributed by atoms with Gasteiger partial charge in [-0.15, -0.1) is 0 Å². The lowest BCUT2D eigenvalue weighted by molar-refractivity contribution is -0.0138. The number of aliphatic hydroxyl groups is 2. The number of rotatable bonds is 6. The van der Waals surface area contributed by atoms with E-state index in [0.717, 1.165) is 12.8 Å². The number of hydrogen-bond donors (Lipinski definition) is 3. The minimum Gasteiger partial charge on any atom is -0.444 e. The highest BCUT2D eigenvalue weighted by atomic mass is 16.6. The van der Waals surface area contributed by atoms with E-state index in [1.54, 1.807) is 27.2 Å². The molecule has 1 aliphatic rings. The predicted molar refractivity (Wildman–Crippen MR) is 81.5 cm³/mol. The molecular weight excluding hydrogens is 270 g/mol. The molecule has 0 aromatic heterocycles. The fourth-order valence-electron chi connectivity index (χ4n) is 2.80. The van der Waals surface area contributed by atoms with Crippen LogP contribution in [-0.4, -0.2) is 34.2 Å². The molecule has 1 unspecified atom stereocenters. The third-order valence-corrected chi connectivity index (χ3v) is 3.65. The summed E-state index contributed by atoms with van der Waals surface area (Å²) in [5.41, 5.74) is -2.01. The van der Waals surface area contributed by atoms with Gasteiger partial charge < -0.3 is 14.9 Å². The zero-order chi connectivity index (χ0) is 15.9. The molecule has 1 atom stereocenters. The molecule has 0 aliphatic heterocycles. The monoisotopic (exact) mass is 300 g/mol. The van der Waals surface area contributed by atoms with Crippen LogP contribution in [0.15, 0.2) is 0 Å². The van der Waals surface area contributed by atoms with Crippen molar-refractivity contribution in [2.75, 3.05) is 6.61 Å². The first-order chi connectivity index (χ1) is 9.74. The number of alkyl carbamates (subject to hydrolysis) is 1. The number of carbonyl (C=O) groups is 1. The van der Waals surface area contributed by atoms with Gasteiger partial charge in [0.15, 0.2) is 0 Å². The summed E-state index contributed by atoms with van der Waals surface area (Å²) in [6, 6.07) is 0. The zero-order valence-electron chi connectivity index (χ0n) is 13.5. The van der Waals surface area contributed by atoms with Gasteiger partial charge in [0.05, 0.1) is 0 Å². The minimum atomic E-state index is -1.41. The highest BCUT2D eigenvalue weighted by Crippen LogP contribution is 2.31. The van der Waals surface area contributed by atoms with Crippen molar-refractivity contribution < 1.29 is 19.7 Å². The van der Waals surface area contributed by atoms with Crippen molar-refractivity contribution >= 4 is 6.09 Å². The van der Waals surface area contributed by atoms with Gasteiger partial charge in [-0.3, -0.25) is 5.32 Å². The number of ether oxygens (including phenoxy) is 1. The molecule has 1 rings (SSSR count). The first-order valence-corrected chi connectivity index (χ1v) is 7.93. The van der Waals surface area contributed by atoms with Crippen LogP contribution in [0.25, 0.3) is 0 Å². The average Bonchev–Trinajstić information content (AvgIpc) is 2.35. The van der Waals surface area contributed by atoms with E-state index in [0.29, 0.717) is 18.8 Å².